The summed E-state index contributed by atoms with van der Waals surface area (Å²) in [6.07, 6.45) is 5.82. The highest BCUT2D eigenvalue weighted by Gasteiger charge is 2.22. The van der Waals surface area contributed by atoms with Crippen LogP contribution >= 0.6 is 0 Å². The van der Waals surface area contributed by atoms with Gasteiger partial charge in [0.2, 0.25) is 0 Å². The van der Waals surface area contributed by atoms with Crippen LogP contribution in [0.3, 0.4) is 0 Å². The molecule has 0 amide bonds. The molecule has 4 nitrogen and oxygen atoms in total. The summed E-state index contributed by atoms with van der Waals surface area (Å²) in [4.78, 5) is 4.18. The Hall–Kier alpha value is -1.03. The average Bonchev–Trinajstić information content (AvgIpc) is 3.09. The van der Waals surface area contributed by atoms with Crippen molar-refractivity contribution in [2.45, 2.75) is 25.3 Å². The third kappa shape index (κ3) is 3.55. The van der Waals surface area contributed by atoms with Crippen LogP contribution < -0.4 is 10.6 Å². The maximum absolute atomic E-state index is 5.37. The summed E-state index contributed by atoms with van der Waals surface area (Å²) in [6, 6.07) is 0.646. The van der Waals surface area contributed by atoms with Gasteiger partial charge in [0.25, 0.3) is 0 Å². The van der Waals surface area contributed by atoms with E-state index in [2.05, 4.69) is 21.7 Å². The molecule has 0 aromatic heterocycles. The van der Waals surface area contributed by atoms with E-state index < -0.39 is 0 Å². The summed E-state index contributed by atoms with van der Waals surface area (Å²) < 4.78 is 5.37. The van der Waals surface area contributed by atoms with Crippen molar-refractivity contribution >= 4 is 5.96 Å². The second-order valence-corrected chi connectivity index (χ2v) is 4.05. The van der Waals surface area contributed by atoms with Crippen LogP contribution in [0.15, 0.2) is 16.6 Å². The van der Waals surface area contributed by atoms with Gasteiger partial charge < -0.3 is 15.4 Å². The Labute approximate surface area is 90.8 Å². The van der Waals surface area contributed by atoms with Crippen molar-refractivity contribution in [1.29, 1.82) is 0 Å². The van der Waals surface area contributed by atoms with E-state index >= 15 is 0 Å². The summed E-state index contributed by atoms with van der Waals surface area (Å²) in [6.45, 7) is 2.46. The molecule has 0 aromatic carbocycles. The molecule has 0 spiro atoms. The first kappa shape index (κ1) is 10.5. The lowest BCUT2D eigenvalue weighted by Gasteiger charge is -2.16. The molecule has 4 heteroatoms. The van der Waals surface area contributed by atoms with Gasteiger partial charge in [-0.25, -0.2) is 0 Å². The Morgan fingerprint density at radius 3 is 3.07 bits per heavy atom. The van der Waals surface area contributed by atoms with Crippen LogP contribution in [0.25, 0.3) is 0 Å². The van der Waals surface area contributed by atoms with Crippen LogP contribution in [-0.4, -0.2) is 38.8 Å². The monoisotopic (exact) mass is 209 g/mol. The first-order valence-electron chi connectivity index (χ1n) is 5.61. The van der Waals surface area contributed by atoms with Crippen LogP contribution in [0, 0.1) is 0 Å². The zero-order chi connectivity index (χ0) is 10.5. The molecule has 1 heterocycles. The Bertz CT molecular complexity index is 269. The Kier molecular flexibility index (Phi) is 3.61. The maximum atomic E-state index is 5.37. The normalized spacial score (nSPS) is 22.2. The van der Waals surface area contributed by atoms with Crippen molar-refractivity contribution in [3.05, 3.63) is 11.6 Å². The second-order valence-electron chi connectivity index (χ2n) is 4.05. The van der Waals surface area contributed by atoms with E-state index in [0.717, 1.165) is 32.1 Å². The van der Waals surface area contributed by atoms with Gasteiger partial charge in [-0.2, -0.15) is 0 Å². The van der Waals surface area contributed by atoms with Gasteiger partial charge in [-0.3, -0.25) is 4.99 Å². The molecule has 1 fully saturated rings. The van der Waals surface area contributed by atoms with Crippen LogP contribution in [-0.2, 0) is 4.74 Å². The van der Waals surface area contributed by atoms with E-state index in [1.807, 2.05) is 7.05 Å². The number of hydrogen-bond donors (Lipinski definition) is 2. The van der Waals surface area contributed by atoms with Crippen LogP contribution in [0.2, 0.25) is 0 Å². The molecule has 2 N–H and O–H groups in total. The fraction of sp³-hybridized carbons (Fsp3) is 0.727. The smallest absolute Gasteiger partial charge is 0.191 e. The summed E-state index contributed by atoms with van der Waals surface area (Å²) in [5, 5.41) is 6.65. The molecule has 0 unspecified atom stereocenters. The minimum atomic E-state index is 0.646. The molecular weight excluding hydrogens is 190 g/mol. The van der Waals surface area contributed by atoms with Crippen molar-refractivity contribution in [1.82, 2.24) is 10.6 Å². The molecule has 0 aromatic rings. The van der Waals surface area contributed by atoms with Crippen molar-refractivity contribution < 1.29 is 4.74 Å². The molecule has 1 aliphatic heterocycles. The lowest BCUT2D eigenvalue weighted by atomic mass is 10.2. The predicted octanol–water partition coefficient (Wildman–Crippen LogP) is 0.660. The largest absolute Gasteiger partial charge is 0.377 e. The number of hydrogen-bond acceptors (Lipinski definition) is 2. The van der Waals surface area contributed by atoms with E-state index in [4.69, 9.17) is 4.74 Å². The van der Waals surface area contributed by atoms with E-state index in [9.17, 15) is 0 Å². The van der Waals surface area contributed by atoms with Crippen molar-refractivity contribution in [3.63, 3.8) is 0 Å². The molecular formula is C11H19N3O. The van der Waals surface area contributed by atoms with Gasteiger partial charge in [-0.15, -0.1) is 0 Å². The molecule has 2 aliphatic rings. The zero-order valence-electron chi connectivity index (χ0n) is 9.25. The number of guanidine groups is 1. The minimum absolute atomic E-state index is 0.646. The summed E-state index contributed by atoms with van der Waals surface area (Å²) >= 11 is 0. The van der Waals surface area contributed by atoms with E-state index in [-0.39, 0.29) is 0 Å². The quantitative estimate of drug-likeness (QED) is 0.408. The fourth-order valence-corrected chi connectivity index (χ4v) is 1.54. The van der Waals surface area contributed by atoms with Gasteiger partial charge in [0.15, 0.2) is 5.96 Å². The van der Waals surface area contributed by atoms with Crippen molar-refractivity contribution in [2.75, 3.05) is 26.8 Å². The molecule has 2 rings (SSSR count). The predicted molar refractivity (Wildman–Crippen MR) is 61.0 cm³/mol. The van der Waals surface area contributed by atoms with Gasteiger partial charge in [0.05, 0.1) is 13.2 Å². The lowest BCUT2D eigenvalue weighted by molar-refractivity contribution is 0.149. The van der Waals surface area contributed by atoms with Crippen molar-refractivity contribution in [3.8, 4) is 0 Å². The highest BCUT2D eigenvalue weighted by molar-refractivity contribution is 5.80. The first-order valence-corrected chi connectivity index (χ1v) is 5.61. The molecule has 0 saturated heterocycles. The fourth-order valence-electron chi connectivity index (χ4n) is 1.54. The Morgan fingerprint density at radius 2 is 2.47 bits per heavy atom. The highest BCUT2D eigenvalue weighted by atomic mass is 16.5. The molecule has 84 valence electrons. The highest BCUT2D eigenvalue weighted by Crippen LogP contribution is 2.18. The summed E-state index contributed by atoms with van der Waals surface area (Å²) in [7, 11) is 1.81. The first-order chi connectivity index (χ1) is 7.38. The second kappa shape index (κ2) is 5.16. The average molecular weight is 209 g/mol. The van der Waals surface area contributed by atoms with Crippen LogP contribution in [0.1, 0.15) is 19.3 Å². The van der Waals surface area contributed by atoms with Gasteiger partial charge >= 0.3 is 0 Å². The number of aliphatic imine (C=N–C) groups is 1. The molecule has 15 heavy (non-hydrogen) atoms. The topological polar surface area (TPSA) is 45.7 Å². The number of nitrogens with one attached hydrogen (secondary N) is 2. The Morgan fingerprint density at radius 1 is 1.60 bits per heavy atom. The number of nitrogens with zero attached hydrogens (tertiary/aromatic N) is 1. The number of rotatable bonds is 3. The standard InChI is InChI=1S/C11H19N3O/c1-12-11(14-10-4-5-10)13-7-9-3-2-6-15-8-9/h3,10H,2,4-8H2,1H3,(H2,12,13,14). The van der Waals surface area contributed by atoms with Crippen molar-refractivity contribution in [2.24, 2.45) is 4.99 Å². The van der Waals surface area contributed by atoms with E-state index in [1.165, 1.54) is 18.4 Å². The molecule has 0 atom stereocenters. The molecule has 1 aliphatic carbocycles. The maximum Gasteiger partial charge on any atom is 0.191 e. The molecule has 0 bridgehead atoms. The van der Waals surface area contributed by atoms with E-state index in [1.54, 1.807) is 0 Å². The van der Waals surface area contributed by atoms with Gasteiger partial charge in [0, 0.05) is 19.6 Å². The van der Waals surface area contributed by atoms with Gasteiger partial charge in [0.1, 0.15) is 0 Å². The van der Waals surface area contributed by atoms with Gasteiger partial charge in [-0.05, 0) is 24.8 Å². The third-order valence-corrected chi connectivity index (χ3v) is 2.61. The zero-order valence-corrected chi connectivity index (χ0v) is 9.25. The lowest BCUT2D eigenvalue weighted by Crippen LogP contribution is -2.39. The number of ether oxygens (including phenoxy) is 1. The molecule has 0 radical (unpaired) electrons. The summed E-state index contributed by atoms with van der Waals surface area (Å²) in [5.74, 6) is 0.906. The summed E-state index contributed by atoms with van der Waals surface area (Å²) in [5.41, 5.74) is 1.32. The van der Waals surface area contributed by atoms with Gasteiger partial charge in [-0.1, -0.05) is 6.08 Å². The molecule has 1 saturated carbocycles. The van der Waals surface area contributed by atoms with Crippen LogP contribution in [0.5, 0.6) is 0 Å². The third-order valence-electron chi connectivity index (χ3n) is 2.61. The SMILES string of the molecule is CN=C(NCC1=CCCOC1)NC1CC1. The van der Waals surface area contributed by atoms with E-state index in [0.29, 0.717) is 6.04 Å². The van der Waals surface area contributed by atoms with Crippen LogP contribution in [0.4, 0.5) is 0 Å². The minimum Gasteiger partial charge on any atom is -0.377 e. The Balaban J connectivity index is 1.72.